The second-order valence-electron chi connectivity index (χ2n) is 6.65. The molecule has 0 saturated heterocycles. The highest BCUT2D eigenvalue weighted by atomic mass is 32.2. The van der Waals surface area contributed by atoms with Crippen LogP contribution in [-0.4, -0.2) is 30.2 Å². The van der Waals surface area contributed by atoms with Gasteiger partial charge in [0.1, 0.15) is 0 Å². The molecule has 116 valence electrons. The van der Waals surface area contributed by atoms with Crippen LogP contribution in [0.4, 0.5) is 0 Å². The summed E-state index contributed by atoms with van der Waals surface area (Å²) in [5.41, 5.74) is 0.208. The molecule has 2 rings (SSSR count). The van der Waals surface area contributed by atoms with Gasteiger partial charge in [0.05, 0.1) is 10.1 Å². The molecule has 0 aliphatic heterocycles. The van der Waals surface area contributed by atoms with Gasteiger partial charge >= 0.3 is 0 Å². The molecule has 1 aliphatic rings. The van der Waals surface area contributed by atoms with Crippen molar-refractivity contribution in [2.24, 2.45) is 0 Å². The Morgan fingerprint density at radius 2 is 1.67 bits per heavy atom. The number of hydrogen-bond donors (Lipinski definition) is 0. The third-order valence-corrected chi connectivity index (χ3v) is 6.16. The van der Waals surface area contributed by atoms with Gasteiger partial charge in [-0.15, -0.1) is 0 Å². The van der Waals surface area contributed by atoms with E-state index in [4.69, 9.17) is 0 Å². The van der Waals surface area contributed by atoms with Crippen molar-refractivity contribution in [1.82, 2.24) is 0 Å². The van der Waals surface area contributed by atoms with E-state index in [0.29, 0.717) is 10.5 Å². The number of hydrogen-bond acceptors (Lipinski definition) is 3. The molecular formula is C16H23NO3S. The number of hydroxylamine groups is 1. The van der Waals surface area contributed by atoms with Crippen LogP contribution in [0.15, 0.2) is 29.2 Å². The summed E-state index contributed by atoms with van der Waals surface area (Å²) in [5.74, 6) is 0. The van der Waals surface area contributed by atoms with Gasteiger partial charge in [-0.25, -0.2) is 13.2 Å². The van der Waals surface area contributed by atoms with Crippen LogP contribution >= 0.6 is 0 Å². The lowest BCUT2D eigenvalue weighted by atomic mass is 10.1. The van der Waals surface area contributed by atoms with Crippen molar-refractivity contribution in [3.63, 3.8) is 0 Å². The van der Waals surface area contributed by atoms with Crippen molar-refractivity contribution in [3.8, 4) is 0 Å². The first-order valence-electron chi connectivity index (χ1n) is 7.36. The van der Waals surface area contributed by atoms with Crippen molar-refractivity contribution in [1.29, 1.82) is 0 Å². The Balaban J connectivity index is 2.23. The molecule has 0 unspecified atom stereocenters. The molecule has 1 fully saturated rings. The average Bonchev–Trinajstić information content (AvgIpc) is 2.92. The summed E-state index contributed by atoms with van der Waals surface area (Å²) in [6, 6.07) is 6.60. The molecular weight excluding hydrogens is 286 g/mol. The smallest absolute Gasteiger partial charge is 0.182 e. The molecule has 21 heavy (non-hydrogen) atoms. The fourth-order valence-corrected chi connectivity index (χ4v) is 4.32. The van der Waals surface area contributed by atoms with Crippen molar-refractivity contribution in [2.75, 3.05) is 0 Å². The maximum Gasteiger partial charge on any atom is 0.182 e. The van der Waals surface area contributed by atoms with E-state index in [-0.39, 0.29) is 5.25 Å². The van der Waals surface area contributed by atoms with Crippen molar-refractivity contribution in [2.45, 2.75) is 62.1 Å². The van der Waals surface area contributed by atoms with E-state index in [2.05, 4.69) is 0 Å². The Hall–Kier alpha value is -1.36. The zero-order valence-electron chi connectivity index (χ0n) is 12.9. The molecule has 1 saturated carbocycles. The van der Waals surface area contributed by atoms with Gasteiger partial charge in [0.15, 0.2) is 21.6 Å². The molecule has 1 aromatic carbocycles. The summed E-state index contributed by atoms with van der Waals surface area (Å²) in [7, 11) is -3.22. The lowest BCUT2D eigenvalue weighted by Gasteiger charge is -2.18. The highest BCUT2D eigenvalue weighted by Gasteiger charge is 2.30. The predicted molar refractivity (Wildman–Crippen MR) is 84.4 cm³/mol. The Morgan fingerprint density at radius 1 is 1.14 bits per heavy atom. The van der Waals surface area contributed by atoms with Crippen LogP contribution in [0.5, 0.6) is 0 Å². The Morgan fingerprint density at radius 3 is 2.14 bits per heavy atom. The molecule has 0 radical (unpaired) electrons. The predicted octanol–water partition coefficient (Wildman–Crippen LogP) is 3.13. The normalized spacial score (nSPS) is 18.1. The maximum absolute atomic E-state index is 12.4. The SMILES string of the molecule is CC(C)(C)/[N+]([O-])=C/c1ccc(S(=O)(=O)C2CCCC2)cc1. The summed E-state index contributed by atoms with van der Waals surface area (Å²) in [4.78, 5) is 0.361. The van der Waals surface area contributed by atoms with Gasteiger partial charge in [0.2, 0.25) is 0 Å². The molecule has 0 heterocycles. The van der Waals surface area contributed by atoms with Crippen molar-refractivity contribution >= 4 is 16.1 Å². The van der Waals surface area contributed by atoms with Crippen LogP contribution < -0.4 is 0 Å². The fourth-order valence-electron chi connectivity index (χ4n) is 2.46. The maximum atomic E-state index is 12.4. The highest BCUT2D eigenvalue weighted by molar-refractivity contribution is 7.92. The largest absolute Gasteiger partial charge is 0.623 e. The standard InChI is InChI=1S/C16H23NO3S/c1-16(2,3)17(18)12-13-8-10-15(11-9-13)21(19,20)14-6-4-5-7-14/h8-12,14H,4-7H2,1-3H3/b17-12-. The van der Waals surface area contributed by atoms with Crippen LogP contribution in [0.1, 0.15) is 52.0 Å². The number of nitrogens with zero attached hydrogens (tertiary/aromatic N) is 1. The molecule has 0 N–H and O–H groups in total. The molecule has 0 atom stereocenters. The van der Waals surface area contributed by atoms with Gasteiger partial charge in [-0.2, -0.15) is 0 Å². The van der Waals surface area contributed by atoms with Gasteiger partial charge in [-0.3, -0.25) is 0 Å². The third-order valence-electron chi connectivity index (χ3n) is 3.88. The molecule has 0 aromatic heterocycles. The van der Waals surface area contributed by atoms with E-state index in [9.17, 15) is 13.6 Å². The van der Waals surface area contributed by atoms with E-state index in [1.165, 1.54) is 6.21 Å². The van der Waals surface area contributed by atoms with E-state index in [1.807, 2.05) is 20.8 Å². The summed E-state index contributed by atoms with van der Waals surface area (Å²) >= 11 is 0. The second kappa shape index (κ2) is 5.79. The first-order chi connectivity index (χ1) is 9.71. The summed E-state index contributed by atoms with van der Waals surface area (Å²) in [6.45, 7) is 5.49. The molecule has 0 spiro atoms. The van der Waals surface area contributed by atoms with Gasteiger partial charge in [0, 0.05) is 26.3 Å². The zero-order valence-corrected chi connectivity index (χ0v) is 13.7. The van der Waals surface area contributed by atoms with Crippen molar-refractivity contribution in [3.05, 3.63) is 35.0 Å². The third kappa shape index (κ3) is 3.64. The van der Waals surface area contributed by atoms with Gasteiger partial charge in [-0.1, -0.05) is 12.8 Å². The van der Waals surface area contributed by atoms with Crippen LogP contribution in [0, 0.1) is 5.21 Å². The van der Waals surface area contributed by atoms with E-state index in [0.717, 1.165) is 30.4 Å². The van der Waals surface area contributed by atoms with Crippen LogP contribution in [0.2, 0.25) is 0 Å². The van der Waals surface area contributed by atoms with E-state index >= 15 is 0 Å². The van der Waals surface area contributed by atoms with E-state index < -0.39 is 15.4 Å². The highest BCUT2D eigenvalue weighted by Crippen LogP contribution is 2.29. The minimum atomic E-state index is -3.22. The van der Waals surface area contributed by atoms with E-state index in [1.54, 1.807) is 24.3 Å². The molecule has 1 aromatic rings. The fraction of sp³-hybridized carbons (Fsp3) is 0.562. The van der Waals surface area contributed by atoms with Gasteiger partial charge < -0.3 is 5.21 Å². The lowest BCUT2D eigenvalue weighted by Crippen LogP contribution is -2.29. The topological polar surface area (TPSA) is 60.2 Å². The first-order valence-corrected chi connectivity index (χ1v) is 8.91. The van der Waals surface area contributed by atoms with Gasteiger partial charge in [0.25, 0.3) is 0 Å². The van der Waals surface area contributed by atoms with Crippen molar-refractivity contribution < 1.29 is 13.2 Å². The quantitative estimate of drug-likeness (QED) is 0.373. The second-order valence-corrected chi connectivity index (χ2v) is 8.87. The molecule has 1 aliphatic carbocycles. The minimum Gasteiger partial charge on any atom is -0.623 e. The molecule has 0 bridgehead atoms. The average molecular weight is 309 g/mol. The minimum absolute atomic E-state index is 0.238. The summed E-state index contributed by atoms with van der Waals surface area (Å²) in [5, 5.41) is 11.6. The Labute approximate surface area is 127 Å². The van der Waals surface area contributed by atoms with Crippen LogP contribution in [0.3, 0.4) is 0 Å². The molecule has 0 amide bonds. The van der Waals surface area contributed by atoms with Crippen LogP contribution in [-0.2, 0) is 9.84 Å². The molecule has 4 nitrogen and oxygen atoms in total. The molecule has 5 heteroatoms. The Kier molecular flexibility index (Phi) is 4.42. The zero-order chi connectivity index (χ0) is 15.7. The number of benzene rings is 1. The monoisotopic (exact) mass is 309 g/mol. The van der Waals surface area contributed by atoms with Crippen LogP contribution in [0.25, 0.3) is 0 Å². The first kappa shape index (κ1) is 16.0. The Bertz CT molecular complexity index is 618. The number of sulfone groups is 1. The lowest BCUT2D eigenvalue weighted by molar-refractivity contribution is -0.530. The van der Waals surface area contributed by atoms with Gasteiger partial charge in [-0.05, 0) is 37.1 Å². The summed E-state index contributed by atoms with van der Waals surface area (Å²) < 4.78 is 25.8. The summed E-state index contributed by atoms with van der Waals surface area (Å²) in [6.07, 6.45) is 4.99. The number of rotatable bonds is 3.